The minimum Gasteiger partial charge on any atom is -0.492 e. The topological polar surface area (TPSA) is 119 Å². The van der Waals surface area contributed by atoms with Gasteiger partial charge in [-0.25, -0.2) is 9.97 Å². The van der Waals surface area contributed by atoms with E-state index in [0.717, 1.165) is 72.1 Å². The Balaban J connectivity index is 1.10. The van der Waals surface area contributed by atoms with Gasteiger partial charge in [0.15, 0.2) is 5.13 Å². The van der Waals surface area contributed by atoms with E-state index >= 15 is 0 Å². The van der Waals surface area contributed by atoms with Gasteiger partial charge in [-0.2, -0.15) is 0 Å². The first-order chi connectivity index (χ1) is 20.0. The molecule has 0 aliphatic carbocycles. The number of carbonyl (C=O) groups excluding carboxylic acids is 1. The van der Waals surface area contributed by atoms with Crippen LogP contribution in [0.25, 0.3) is 17.0 Å². The molecule has 11 heteroatoms. The Kier molecular flexibility index (Phi) is 7.81. The standard InChI is InChI=1S/C30H31N7O3S/c1-20-28(37-11-10-23(18-27(37)32-20)40-17-14-36-12-15-39-16-13-36)26-19-41-30(35-26)33-22-8-6-21(7-9-22)29(38)34-25-5-3-2-4-24(25)31/h2-11,18-19H,12-17,31H2,1H3,(H,33,35)(H,34,38). The Morgan fingerprint density at radius 2 is 1.90 bits per heavy atom. The number of rotatable bonds is 9. The van der Waals surface area contributed by atoms with Crippen LogP contribution in [0.15, 0.2) is 72.2 Å². The van der Waals surface area contributed by atoms with Crippen molar-refractivity contribution >= 4 is 45.1 Å². The summed E-state index contributed by atoms with van der Waals surface area (Å²) in [6, 6.07) is 18.3. The number of nitrogens with one attached hydrogen (secondary N) is 2. The number of aryl methyl sites for hydroxylation is 1. The number of imidazole rings is 1. The quantitative estimate of drug-likeness (QED) is 0.211. The van der Waals surface area contributed by atoms with Gasteiger partial charge in [0.1, 0.15) is 23.7 Å². The van der Waals surface area contributed by atoms with E-state index in [1.165, 1.54) is 11.3 Å². The van der Waals surface area contributed by atoms with E-state index in [1.54, 1.807) is 24.3 Å². The van der Waals surface area contributed by atoms with Crippen LogP contribution in [-0.4, -0.2) is 64.6 Å². The number of nitrogens with zero attached hydrogens (tertiary/aromatic N) is 4. The van der Waals surface area contributed by atoms with Crippen LogP contribution in [0, 0.1) is 6.92 Å². The van der Waals surface area contributed by atoms with Crippen molar-refractivity contribution in [1.29, 1.82) is 0 Å². The van der Waals surface area contributed by atoms with Crippen molar-refractivity contribution in [3.8, 4) is 17.1 Å². The average molecular weight is 570 g/mol. The zero-order valence-electron chi connectivity index (χ0n) is 22.7. The normalized spacial score (nSPS) is 13.8. The first kappa shape index (κ1) is 26.8. The second-order valence-corrected chi connectivity index (χ2v) is 10.6. The van der Waals surface area contributed by atoms with Crippen LogP contribution < -0.4 is 21.1 Å². The third kappa shape index (κ3) is 6.17. The fourth-order valence-corrected chi connectivity index (χ4v) is 5.45. The summed E-state index contributed by atoms with van der Waals surface area (Å²) in [4.78, 5) is 24.5. The van der Waals surface area contributed by atoms with E-state index in [0.29, 0.717) is 23.5 Å². The number of benzene rings is 2. The van der Waals surface area contributed by atoms with Gasteiger partial charge in [0, 0.05) is 48.5 Å². The Bertz CT molecular complexity index is 1660. The smallest absolute Gasteiger partial charge is 0.255 e. The molecule has 5 aromatic rings. The van der Waals surface area contributed by atoms with Crippen LogP contribution in [0.4, 0.5) is 22.2 Å². The molecule has 1 aliphatic heterocycles. The van der Waals surface area contributed by atoms with Crippen LogP contribution in [-0.2, 0) is 4.74 Å². The second-order valence-electron chi connectivity index (χ2n) is 9.72. The van der Waals surface area contributed by atoms with Gasteiger partial charge in [-0.3, -0.25) is 14.1 Å². The zero-order chi connectivity index (χ0) is 28.2. The van der Waals surface area contributed by atoms with E-state index in [2.05, 4.69) is 15.5 Å². The molecule has 41 heavy (non-hydrogen) atoms. The molecular formula is C30H31N7O3S. The molecule has 210 valence electrons. The highest BCUT2D eigenvalue weighted by Gasteiger charge is 2.16. The van der Waals surface area contributed by atoms with Crippen molar-refractivity contribution in [2.45, 2.75) is 6.92 Å². The van der Waals surface area contributed by atoms with Crippen LogP contribution in [0.5, 0.6) is 5.75 Å². The number of fused-ring (bicyclic) bond motifs is 1. The molecule has 4 heterocycles. The van der Waals surface area contributed by atoms with Gasteiger partial charge in [-0.1, -0.05) is 12.1 Å². The third-order valence-corrected chi connectivity index (χ3v) is 7.66. The Morgan fingerprint density at radius 1 is 1.10 bits per heavy atom. The molecule has 1 aliphatic rings. The minimum absolute atomic E-state index is 0.222. The molecule has 2 aromatic carbocycles. The van der Waals surface area contributed by atoms with E-state index in [-0.39, 0.29) is 5.91 Å². The van der Waals surface area contributed by atoms with Crippen molar-refractivity contribution in [1.82, 2.24) is 19.3 Å². The van der Waals surface area contributed by atoms with E-state index in [9.17, 15) is 4.79 Å². The predicted molar refractivity (Wildman–Crippen MR) is 162 cm³/mol. The molecule has 0 radical (unpaired) electrons. The molecule has 0 saturated carbocycles. The lowest BCUT2D eigenvalue weighted by Gasteiger charge is -2.26. The van der Waals surface area contributed by atoms with Gasteiger partial charge in [0.2, 0.25) is 0 Å². The predicted octanol–water partition coefficient (Wildman–Crippen LogP) is 5.06. The van der Waals surface area contributed by atoms with E-state index < -0.39 is 0 Å². The fourth-order valence-electron chi connectivity index (χ4n) is 4.73. The zero-order valence-corrected chi connectivity index (χ0v) is 23.5. The molecule has 4 N–H and O–H groups in total. The number of nitrogen functional groups attached to an aromatic ring is 1. The molecule has 0 spiro atoms. The van der Waals surface area contributed by atoms with Crippen molar-refractivity contribution in [2.75, 3.05) is 55.8 Å². The summed E-state index contributed by atoms with van der Waals surface area (Å²) in [6.07, 6.45) is 1.98. The number of para-hydroxylation sites is 2. The molecule has 6 rings (SSSR count). The number of hydrogen-bond acceptors (Lipinski definition) is 9. The highest BCUT2D eigenvalue weighted by Crippen LogP contribution is 2.31. The number of pyridine rings is 1. The van der Waals surface area contributed by atoms with Crippen molar-refractivity contribution in [3.05, 3.63) is 83.5 Å². The third-order valence-electron chi connectivity index (χ3n) is 6.91. The maximum Gasteiger partial charge on any atom is 0.255 e. The number of thiazole rings is 1. The maximum atomic E-state index is 12.6. The maximum absolute atomic E-state index is 12.6. The first-order valence-electron chi connectivity index (χ1n) is 13.4. The molecule has 0 unspecified atom stereocenters. The lowest BCUT2D eigenvalue weighted by atomic mass is 10.2. The Labute approximate surface area is 241 Å². The van der Waals surface area contributed by atoms with E-state index in [1.807, 2.05) is 59.3 Å². The minimum atomic E-state index is -0.222. The molecule has 1 saturated heterocycles. The van der Waals surface area contributed by atoms with Crippen LogP contribution in [0.3, 0.4) is 0 Å². The van der Waals surface area contributed by atoms with Gasteiger partial charge < -0.3 is 25.8 Å². The lowest BCUT2D eigenvalue weighted by Crippen LogP contribution is -2.38. The molecule has 10 nitrogen and oxygen atoms in total. The van der Waals surface area contributed by atoms with Crippen LogP contribution in [0.1, 0.15) is 16.1 Å². The van der Waals surface area contributed by atoms with Gasteiger partial charge >= 0.3 is 0 Å². The highest BCUT2D eigenvalue weighted by atomic mass is 32.1. The number of nitrogens with two attached hydrogens (primary N) is 1. The average Bonchev–Trinajstić information content (AvgIpc) is 3.57. The number of morpholine rings is 1. The summed E-state index contributed by atoms with van der Waals surface area (Å²) in [5, 5.41) is 8.93. The molecule has 1 fully saturated rings. The second kappa shape index (κ2) is 12.0. The van der Waals surface area contributed by atoms with Gasteiger partial charge in [-0.15, -0.1) is 11.3 Å². The summed E-state index contributed by atoms with van der Waals surface area (Å²) < 4.78 is 13.5. The molecule has 0 atom stereocenters. The monoisotopic (exact) mass is 569 g/mol. The number of anilines is 4. The first-order valence-corrected chi connectivity index (χ1v) is 14.3. The number of carbonyl (C=O) groups is 1. The SMILES string of the molecule is Cc1nc2cc(OCCN3CCOCC3)ccn2c1-c1csc(Nc2ccc(C(=O)Nc3ccccc3N)cc2)n1. The molecule has 1 amide bonds. The summed E-state index contributed by atoms with van der Waals surface area (Å²) in [7, 11) is 0. The van der Waals surface area contributed by atoms with Crippen molar-refractivity contribution in [3.63, 3.8) is 0 Å². The molecule has 3 aromatic heterocycles. The van der Waals surface area contributed by atoms with Crippen LogP contribution >= 0.6 is 11.3 Å². The molecule has 0 bridgehead atoms. The molecular weight excluding hydrogens is 538 g/mol. The fraction of sp³-hybridized carbons (Fsp3) is 0.233. The summed E-state index contributed by atoms with van der Waals surface area (Å²) >= 11 is 1.51. The van der Waals surface area contributed by atoms with Gasteiger partial charge in [0.25, 0.3) is 5.91 Å². The van der Waals surface area contributed by atoms with E-state index in [4.69, 9.17) is 25.2 Å². The number of ether oxygens (including phenoxy) is 2. The van der Waals surface area contributed by atoms with Gasteiger partial charge in [0.05, 0.1) is 36.0 Å². The number of aromatic nitrogens is 3. The van der Waals surface area contributed by atoms with Crippen molar-refractivity contribution < 1.29 is 14.3 Å². The summed E-state index contributed by atoms with van der Waals surface area (Å²) in [5.41, 5.74) is 11.9. The highest BCUT2D eigenvalue weighted by molar-refractivity contribution is 7.14. The lowest BCUT2D eigenvalue weighted by molar-refractivity contribution is 0.0322. The van der Waals surface area contributed by atoms with Gasteiger partial charge in [-0.05, 0) is 49.4 Å². The number of hydrogen-bond donors (Lipinski definition) is 3. The largest absolute Gasteiger partial charge is 0.492 e. The Morgan fingerprint density at radius 3 is 2.71 bits per heavy atom. The Hall–Kier alpha value is -4.45. The summed E-state index contributed by atoms with van der Waals surface area (Å²) in [6.45, 7) is 6.95. The number of amides is 1. The van der Waals surface area contributed by atoms with Crippen molar-refractivity contribution in [2.24, 2.45) is 0 Å². The van der Waals surface area contributed by atoms with Crippen LogP contribution in [0.2, 0.25) is 0 Å². The summed E-state index contributed by atoms with van der Waals surface area (Å²) in [5.74, 6) is 0.576.